The Bertz CT molecular complexity index is 667. The van der Waals surface area contributed by atoms with E-state index < -0.39 is 0 Å². The molecule has 2 unspecified atom stereocenters. The van der Waals surface area contributed by atoms with Crippen molar-refractivity contribution in [2.45, 2.75) is 25.7 Å². The Balaban J connectivity index is 0.00000132. The van der Waals surface area contributed by atoms with Gasteiger partial charge in [-0.25, -0.2) is 4.39 Å². The van der Waals surface area contributed by atoms with Crippen molar-refractivity contribution in [1.82, 2.24) is 15.5 Å². The monoisotopic (exact) mass is 309 g/mol. The van der Waals surface area contributed by atoms with Crippen LogP contribution in [0.4, 0.5) is 4.39 Å². The molecule has 2 aromatic rings. The fraction of sp³-hybridized carbons (Fsp3) is 0.467. The van der Waals surface area contributed by atoms with Gasteiger partial charge in [-0.3, -0.25) is 0 Å². The summed E-state index contributed by atoms with van der Waals surface area (Å²) < 4.78 is 19.0. The van der Waals surface area contributed by atoms with Crippen molar-refractivity contribution in [3.8, 4) is 11.4 Å². The van der Waals surface area contributed by atoms with E-state index in [2.05, 4.69) is 15.5 Å². The van der Waals surface area contributed by atoms with E-state index in [9.17, 15) is 4.39 Å². The van der Waals surface area contributed by atoms with Crippen molar-refractivity contribution in [3.05, 3.63) is 35.5 Å². The molecule has 6 heteroatoms. The number of nitrogens with zero attached hydrogens (tertiary/aromatic N) is 2. The van der Waals surface area contributed by atoms with Gasteiger partial charge in [0, 0.05) is 18.0 Å². The van der Waals surface area contributed by atoms with E-state index in [1.165, 1.54) is 12.5 Å². The van der Waals surface area contributed by atoms with Crippen LogP contribution >= 0.6 is 12.4 Å². The van der Waals surface area contributed by atoms with Crippen LogP contribution in [0.3, 0.4) is 0 Å². The minimum Gasteiger partial charge on any atom is -0.339 e. The first-order chi connectivity index (χ1) is 9.68. The zero-order valence-electron chi connectivity index (χ0n) is 11.7. The lowest BCUT2D eigenvalue weighted by molar-refractivity contribution is 0.364. The molecule has 1 saturated carbocycles. The standard InChI is InChI=1S/C15H16FN3O.ClH/c1-9-2-3-10(6-12(9)16)13-18-14(20-19-13)11-7-15(11)4-5-17-8-15;/h2-3,6,11,17H,4-5,7-8H2,1H3;1H. The first-order valence-corrected chi connectivity index (χ1v) is 6.99. The molecule has 2 fully saturated rings. The molecule has 1 aliphatic carbocycles. The number of rotatable bonds is 2. The van der Waals surface area contributed by atoms with Crippen LogP contribution in [0.2, 0.25) is 0 Å². The smallest absolute Gasteiger partial charge is 0.230 e. The average molecular weight is 310 g/mol. The number of aromatic nitrogens is 2. The van der Waals surface area contributed by atoms with Crippen LogP contribution in [0.5, 0.6) is 0 Å². The lowest BCUT2D eigenvalue weighted by Crippen LogP contribution is -2.10. The molecule has 0 radical (unpaired) electrons. The van der Waals surface area contributed by atoms with Crippen LogP contribution in [-0.4, -0.2) is 23.2 Å². The highest BCUT2D eigenvalue weighted by molar-refractivity contribution is 5.85. The number of aryl methyl sites for hydroxylation is 1. The molecular weight excluding hydrogens is 293 g/mol. The highest BCUT2D eigenvalue weighted by Crippen LogP contribution is 2.62. The first-order valence-electron chi connectivity index (χ1n) is 6.99. The zero-order chi connectivity index (χ0) is 13.7. The van der Waals surface area contributed by atoms with Crippen molar-refractivity contribution in [2.24, 2.45) is 5.41 Å². The number of halogens is 2. The van der Waals surface area contributed by atoms with Gasteiger partial charge in [0.2, 0.25) is 11.7 Å². The SMILES string of the molecule is Cc1ccc(-c2noc(C3CC34CCNC4)n2)cc1F.Cl. The largest absolute Gasteiger partial charge is 0.339 e. The van der Waals surface area contributed by atoms with E-state index in [4.69, 9.17) is 4.52 Å². The second kappa shape index (κ2) is 5.07. The predicted octanol–water partition coefficient (Wildman–Crippen LogP) is 3.07. The van der Waals surface area contributed by atoms with Crippen molar-refractivity contribution in [1.29, 1.82) is 0 Å². The quantitative estimate of drug-likeness (QED) is 0.926. The molecule has 1 aromatic heterocycles. The fourth-order valence-electron chi connectivity index (χ4n) is 3.16. The van der Waals surface area contributed by atoms with Gasteiger partial charge in [-0.2, -0.15) is 4.98 Å². The Kier molecular flexibility index (Phi) is 3.50. The second-order valence-electron chi connectivity index (χ2n) is 5.97. The third-order valence-corrected chi connectivity index (χ3v) is 4.64. The van der Waals surface area contributed by atoms with Crippen LogP contribution in [0.15, 0.2) is 22.7 Å². The Labute approximate surface area is 128 Å². The van der Waals surface area contributed by atoms with Gasteiger partial charge in [-0.05, 0) is 43.4 Å². The molecule has 4 rings (SSSR count). The maximum atomic E-state index is 13.6. The van der Waals surface area contributed by atoms with Crippen LogP contribution in [0, 0.1) is 18.2 Å². The zero-order valence-corrected chi connectivity index (χ0v) is 12.5. The Morgan fingerprint density at radius 2 is 2.29 bits per heavy atom. The molecule has 1 saturated heterocycles. The van der Waals surface area contributed by atoms with Crippen molar-refractivity contribution in [3.63, 3.8) is 0 Å². The lowest BCUT2D eigenvalue weighted by Gasteiger charge is -2.02. The van der Waals surface area contributed by atoms with E-state index in [1.807, 2.05) is 6.07 Å². The summed E-state index contributed by atoms with van der Waals surface area (Å²) in [5.41, 5.74) is 1.63. The van der Waals surface area contributed by atoms with Gasteiger partial charge in [0.1, 0.15) is 5.82 Å². The Morgan fingerprint density at radius 3 is 3.00 bits per heavy atom. The summed E-state index contributed by atoms with van der Waals surface area (Å²) in [6, 6.07) is 5.02. The number of benzene rings is 1. The molecule has 0 bridgehead atoms. The third kappa shape index (κ3) is 2.34. The molecule has 1 N–H and O–H groups in total. The maximum Gasteiger partial charge on any atom is 0.230 e. The fourth-order valence-corrected chi connectivity index (χ4v) is 3.16. The molecular formula is C15H17ClFN3O. The third-order valence-electron chi connectivity index (χ3n) is 4.64. The van der Waals surface area contributed by atoms with Crippen LogP contribution in [0.25, 0.3) is 11.4 Å². The number of hydrogen-bond acceptors (Lipinski definition) is 4. The number of hydrogen-bond donors (Lipinski definition) is 1. The van der Waals surface area contributed by atoms with Gasteiger partial charge >= 0.3 is 0 Å². The highest BCUT2D eigenvalue weighted by atomic mass is 35.5. The number of nitrogens with one attached hydrogen (secondary N) is 1. The summed E-state index contributed by atoms with van der Waals surface area (Å²) in [6.45, 7) is 3.84. The van der Waals surface area contributed by atoms with Crippen molar-refractivity contribution < 1.29 is 8.91 Å². The van der Waals surface area contributed by atoms with E-state index in [0.29, 0.717) is 34.2 Å². The molecule has 21 heavy (non-hydrogen) atoms. The van der Waals surface area contributed by atoms with Gasteiger partial charge in [0.15, 0.2) is 0 Å². The predicted molar refractivity (Wildman–Crippen MR) is 79.0 cm³/mol. The first kappa shape index (κ1) is 14.5. The minimum atomic E-state index is -0.239. The summed E-state index contributed by atoms with van der Waals surface area (Å²) in [4.78, 5) is 4.46. The minimum absolute atomic E-state index is 0. The van der Waals surface area contributed by atoms with E-state index in [0.717, 1.165) is 19.5 Å². The van der Waals surface area contributed by atoms with Gasteiger partial charge < -0.3 is 9.84 Å². The van der Waals surface area contributed by atoms with Crippen LogP contribution in [-0.2, 0) is 0 Å². The molecule has 112 valence electrons. The molecule has 1 spiro atoms. The summed E-state index contributed by atoms with van der Waals surface area (Å²) in [7, 11) is 0. The highest BCUT2D eigenvalue weighted by Gasteiger charge is 2.58. The van der Waals surface area contributed by atoms with Crippen molar-refractivity contribution in [2.75, 3.05) is 13.1 Å². The molecule has 1 aliphatic heterocycles. The molecule has 1 aromatic carbocycles. The van der Waals surface area contributed by atoms with E-state index in [-0.39, 0.29) is 18.2 Å². The van der Waals surface area contributed by atoms with Crippen molar-refractivity contribution >= 4 is 12.4 Å². The van der Waals surface area contributed by atoms with Gasteiger partial charge in [0.25, 0.3) is 0 Å². The van der Waals surface area contributed by atoms with Crippen LogP contribution < -0.4 is 5.32 Å². The molecule has 2 aliphatic rings. The van der Waals surface area contributed by atoms with Crippen LogP contribution in [0.1, 0.15) is 30.2 Å². The Hall–Kier alpha value is -1.46. The molecule has 2 heterocycles. The van der Waals surface area contributed by atoms with Gasteiger partial charge in [0.05, 0.1) is 0 Å². The van der Waals surface area contributed by atoms with Gasteiger partial charge in [-0.15, -0.1) is 12.4 Å². The summed E-state index contributed by atoms with van der Waals surface area (Å²) in [6.07, 6.45) is 2.29. The topological polar surface area (TPSA) is 51.0 Å². The van der Waals surface area contributed by atoms with E-state index in [1.54, 1.807) is 13.0 Å². The Morgan fingerprint density at radius 1 is 1.43 bits per heavy atom. The summed E-state index contributed by atoms with van der Waals surface area (Å²) in [5, 5.41) is 7.39. The molecule has 4 nitrogen and oxygen atoms in total. The lowest BCUT2D eigenvalue weighted by atomic mass is 10.0. The normalized spacial score (nSPS) is 26.9. The second-order valence-corrected chi connectivity index (χ2v) is 5.97. The molecule has 0 amide bonds. The van der Waals surface area contributed by atoms with E-state index >= 15 is 0 Å². The summed E-state index contributed by atoms with van der Waals surface area (Å²) in [5.74, 6) is 1.31. The molecule has 2 atom stereocenters. The maximum absolute atomic E-state index is 13.6. The average Bonchev–Trinajstić information content (AvgIpc) is 2.83. The van der Waals surface area contributed by atoms with Gasteiger partial charge in [-0.1, -0.05) is 17.3 Å². The summed E-state index contributed by atoms with van der Waals surface area (Å²) >= 11 is 0.